The lowest BCUT2D eigenvalue weighted by molar-refractivity contribution is -0.127. The quantitative estimate of drug-likeness (QED) is 0.798. The SMILES string of the molecule is CCOc1ccc(CNC(=O)C2CN(S(C)(=O)=O)c3cc(C)ccc3O2)cc1. The third-order valence-corrected chi connectivity index (χ3v) is 5.52. The van der Waals surface area contributed by atoms with Gasteiger partial charge < -0.3 is 14.8 Å². The molecule has 3 rings (SSSR count). The van der Waals surface area contributed by atoms with E-state index in [0.717, 1.165) is 23.1 Å². The van der Waals surface area contributed by atoms with E-state index in [0.29, 0.717) is 24.6 Å². The summed E-state index contributed by atoms with van der Waals surface area (Å²) in [6.45, 7) is 4.62. The van der Waals surface area contributed by atoms with Crippen LogP contribution < -0.4 is 19.1 Å². The molecule has 0 saturated heterocycles. The van der Waals surface area contributed by atoms with E-state index in [4.69, 9.17) is 9.47 Å². The number of anilines is 1. The summed E-state index contributed by atoms with van der Waals surface area (Å²) in [7, 11) is -3.54. The predicted molar refractivity (Wildman–Crippen MR) is 107 cm³/mol. The van der Waals surface area contributed by atoms with Gasteiger partial charge in [0.15, 0.2) is 6.10 Å². The minimum Gasteiger partial charge on any atom is -0.494 e. The fourth-order valence-electron chi connectivity index (χ4n) is 2.99. The Balaban J connectivity index is 1.71. The van der Waals surface area contributed by atoms with Crippen LogP contribution in [0.3, 0.4) is 0 Å². The van der Waals surface area contributed by atoms with Crippen molar-refractivity contribution in [3.05, 3.63) is 53.6 Å². The van der Waals surface area contributed by atoms with E-state index in [1.165, 1.54) is 4.31 Å². The largest absolute Gasteiger partial charge is 0.494 e. The van der Waals surface area contributed by atoms with Crippen LogP contribution in [0.5, 0.6) is 11.5 Å². The van der Waals surface area contributed by atoms with Crippen LogP contribution in [-0.4, -0.2) is 39.8 Å². The molecule has 0 aromatic heterocycles. The van der Waals surface area contributed by atoms with Crippen LogP contribution >= 0.6 is 0 Å². The van der Waals surface area contributed by atoms with E-state index >= 15 is 0 Å². The Morgan fingerprint density at radius 2 is 1.96 bits per heavy atom. The monoisotopic (exact) mass is 404 g/mol. The first-order valence-electron chi connectivity index (χ1n) is 9.02. The molecule has 8 heteroatoms. The van der Waals surface area contributed by atoms with Crippen LogP contribution in [0.4, 0.5) is 5.69 Å². The van der Waals surface area contributed by atoms with Gasteiger partial charge in [-0.3, -0.25) is 9.10 Å². The van der Waals surface area contributed by atoms with E-state index in [1.54, 1.807) is 12.1 Å². The summed E-state index contributed by atoms with van der Waals surface area (Å²) in [6, 6.07) is 12.7. The molecule has 0 spiro atoms. The second kappa shape index (κ2) is 8.10. The molecule has 2 aromatic carbocycles. The molecular formula is C20H24N2O5S. The van der Waals surface area contributed by atoms with Gasteiger partial charge in [-0.1, -0.05) is 18.2 Å². The first kappa shape index (κ1) is 20.0. The van der Waals surface area contributed by atoms with Crippen molar-refractivity contribution in [2.24, 2.45) is 0 Å². The Hall–Kier alpha value is -2.74. The Morgan fingerprint density at radius 1 is 1.25 bits per heavy atom. The van der Waals surface area contributed by atoms with E-state index in [-0.39, 0.29) is 12.5 Å². The summed E-state index contributed by atoms with van der Waals surface area (Å²) in [6.07, 6.45) is 0.201. The Morgan fingerprint density at radius 3 is 2.61 bits per heavy atom. The first-order chi connectivity index (χ1) is 13.3. The average Bonchev–Trinajstić information content (AvgIpc) is 2.65. The van der Waals surface area contributed by atoms with E-state index < -0.39 is 16.1 Å². The van der Waals surface area contributed by atoms with Gasteiger partial charge >= 0.3 is 0 Å². The summed E-state index contributed by atoms with van der Waals surface area (Å²) < 4.78 is 36.8. The van der Waals surface area contributed by atoms with Crippen LogP contribution in [0.25, 0.3) is 0 Å². The molecule has 1 N–H and O–H groups in total. The molecule has 0 radical (unpaired) electrons. The molecule has 1 aliphatic rings. The molecule has 1 aliphatic heterocycles. The zero-order chi connectivity index (χ0) is 20.3. The number of benzene rings is 2. The summed E-state index contributed by atoms with van der Waals surface area (Å²) in [4.78, 5) is 12.6. The molecule has 150 valence electrons. The van der Waals surface area contributed by atoms with Gasteiger partial charge in [-0.25, -0.2) is 8.42 Å². The molecule has 1 atom stereocenters. The van der Waals surface area contributed by atoms with Gasteiger partial charge in [0.1, 0.15) is 11.5 Å². The fourth-order valence-corrected chi connectivity index (χ4v) is 3.89. The number of nitrogens with zero attached hydrogens (tertiary/aromatic N) is 1. The Kier molecular flexibility index (Phi) is 5.79. The predicted octanol–water partition coefficient (Wildman–Crippen LogP) is 2.24. The highest BCUT2D eigenvalue weighted by molar-refractivity contribution is 7.92. The standard InChI is InChI=1S/C20H24N2O5S/c1-4-26-16-8-6-15(7-9-16)12-21-20(23)19-13-22(28(3,24)25)17-11-14(2)5-10-18(17)27-19/h5-11,19H,4,12-13H2,1-3H3,(H,21,23). The average molecular weight is 404 g/mol. The van der Waals surface area contributed by atoms with E-state index in [2.05, 4.69) is 5.32 Å². The van der Waals surface area contributed by atoms with Crippen molar-refractivity contribution in [2.45, 2.75) is 26.5 Å². The number of carbonyl (C=O) groups excluding carboxylic acids is 1. The number of rotatable bonds is 6. The molecule has 28 heavy (non-hydrogen) atoms. The van der Waals surface area contributed by atoms with Gasteiger partial charge in [-0.15, -0.1) is 0 Å². The minimum atomic E-state index is -3.54. The maximum absolute atomic E-state index is 12.6. The summed E-state index contributed by atoms with van der Waals surface area (Å²) >= 11 is 0. The molecule has 7 nitrogen and oxygen atoms in total. The highest BCUT2D eigenvalue weighted by Gasteiger charge is 2.34. The van der Waals surface area contributed by atoms with Gasteiger partial charge in [-0.2, -0.15) is 0 Å². The summed E-state index contributed by atoms with van der Waals surface area (Å²) in [5.41, 5.74) is 2.27. The van der Waals surface area contributed by atoms with Crippen molar-refractivity contribution >= 4 is 21.6 Å². The van der Waals surface area contributed by atoms with Gasteiger partial charge in [-0.05, 0) is 49.2 Å². The Labute approximate surface area is 165 Å². The molecule has 0 aliphatic carbocycles. The van der Waals surface area contributed by atoms with Crippen LogP contribution in [-0.2, 0) is 21.4 Å². The van der Waals surface area contributed by atoms with Gasteiger partial charge in [0.2, 0.25) is 10.0 Å². The number of hydrogen-bond acceptors (Lipinski definition) is 5. The summed E-state index contributed by atoms with van der Waals surface area (Å²) in [5, 5.41) is 2.81. The van der Waals surface area contributed by atoms with Crippen LogP contribution in [0.15, 0.2) is 42.5 Å². The van der Waals surface area contributed by atoms with Gasteiger partial charge in [0.25, 0.3) is 5.91 Å². The lowest BCUT2D eigenvalue weighted by atomic mass is 10.1. The van der Waals surface area contributed by atoms with Crippen molar-refractivity contribution in [1.29, 1.82) is 0 Å². The number of sulfonamides is 1. The minimum absolute atomic E-state index is 0.0651. The number of hydrogen-bond donors (Lipinski definition) is 1. The topological polar surface area (TPSA) is 84.9 Å². The van der Waals surface area contributed by atoms with Crippen molar-refractivity contribution in [3.8, 4) is 11.5 Å². The molecule has 1 unspecified atom stereocenters. The first-order valence-corrected chi connectivity index (χ1v) is 10.9. The highest BCUT2D eigenvalue weighted by Crippen LogP contribution is 2.35. The molecule has 1 amide bonds. The van der Waals surface area contributed by atoms with Crippen molar-refractivity contribution in [3.63, 3.8) is 0 Å². The number of amides is 1. The lowest BCUT2D eigenvalue weighted by Gasteiger charge is -2.34. The summed E-state index contributed by atoms with van der Waals surface area (Å²) in [5.74, 6) is 0.779. The molecule has 0 saturated carbocycles. The second-order valence-electron chi connectivity index (χ2n) is 6.67. The molecular weight excluding hydrogens is 380 g/mol. The fraction of sp³-hybridized carbons (Fsp3) is 0.350. The van der Waals surface area contributed by atoms with Crippen molar-refractivity contribution in [2.75, 3.05) is 23.7 Å². The third kappa shape index (κ3) is 4.56. The van der Waals surface area contributed by atoms with Gasteiger partial charge in [0.05, 0.1) is 25.1 Å². The van der Waals surface area contributed by atoms with E-state index in [9.17, 15) is 13.2 Å². The van der Waals surface area contributed by atoms with Crippen LogP contribution in [0.2, 0.25) is 0 Å². The smallest absolute Gasteiger partial charge is 0.263 e. The Bertz CT molecular complexity index is 957. The molecule has 1 heterocycles. The zero-order valence-corrected chi connectivity index (χ0v) is 17.0. The number of carbonyl (C=O) groups is 1. The number of ether oxygens (including phenoxy) is 2. The normalized spacial score (nSPS) is 16.1. The molecule has 0 fully saturated rings. The van der Waals surface area contributed by atoms with E-state index in [1.807, 2.05) is 44.2 Å². The maximum Gasteiger partial charge on any atom is 0.263 e. The highest BCUT2D eigenvalue weighted by atomic mass is 32.2. The zero-order valence-electron chi connectivity index (χ0n) is 16.1. The van der Waals surface area contributed by atoms with Gasteiger partial charge in [0, 0.05) is 6.54 Å². The molecule has 2 aromatic rings. The van der Waals surface area contributed by atoms with Crippen LogP contribution in [0.1, 0.15) is 18.1 Å². The van der Waals surface area contributed by atoms with Crippen molar-refractivity contribution < 1.29 is 22.7 Å². The maximum atomic E-state index is 12.6. The molecule has 0 bridgehead atoms. The number of fused-ring (bicyclic) bond motifs is 1. The third-order valence-electron chi connectivity index (χ3n) is 4.38. The van der Waals surface area contributed by atoms with Crippen molar-refractivity contribution in [1.82, 2.24) is 5.32 Å². The van der Waals surface area contributed by atoms with Crippen LogP contribution in [0, 0.1) is 6.92 Å². The second-order valence-corrected chi connectivity index (χ2v) is 8.57. The lowest BCUT2D eigenvalue weighted by Crippen LogP contribution is -2.50. The number of aryl methyl sites for hydroxylation is 1. The number of nitrogens with one attached hydrogen (secondary N) is 1.